The van der Waals surface area contributed by atoms with E-state index in [0.29, 0.717) is 6.54 Å². The summed E-state index contributed by atoms with van der Waals surface area (Å²) in [5.74, 6) is 0.981. The maximum atomic E-state index is 12.3. The first kappa shape index (κ1) is 16.0. The van der Waals surface area contributed by atoms with Crippen molar-refractivity contribution >= 4 is 23.1 Å². The largest absolute Gasteiger partial charge is 0.354 e. The fourth-order valence-electron chi connectivity index (χ4n) is 2.73. The smallest absolute Gasteiger partial charge is 0.261 e. The average molecular weight is 330 g/mol. The number of aryl methyl sites for hydroxylation is 1. The topological polar surface area (TPSA) is 48.5 Å². The van der Waals surface area contributed by atoms with E-state index in [-0.39, 0.29) is 5.91 Å². The van der Waals surface area contributed by atoms with Crippen molar-refractivity contribution in [2.45, 2.75) is 13.5 Å². The number of thiophene rings is 1. The van der Waals surface area contributed by atoms with Gasteiger partial charge in [-0.3, -0.25) is 4.79 Å². The van der Waals surface area contributed by atoms with Crippen LogP contribution in [0.4, 0.5) is 5.82 Å². The van der Waals surface area contributed by atoms with Gasteiger partial charge in [-0.2, -0.15) is 0 Å². The summed E-state index contributed by atoms with van der Waals surface area (Å²) in [4.78, 5) is 22.2. The van der Waals surface area contributed by atoms with Crippen molar-refractivity contribution in [2.75, 3.05) is 38.1 Å². The number of anilines is 1. The predicted octanol–water partition coefficient (Wildman–Crippen LogP) is 2.13. The Kier molecular flexibility index (Phi) is 4.93. The molecule has 5 nitrogen and oxygen atoms in total. The molecule has 0 aromatic carbocycles. The van der Waals surface area contributed by atoms with Gasteiger partial charge in [-0.25, -0.2) is 4.98 Å². The number of amides is 1. The number of hydrogen-bond acceptors (Lipinski definition) is 5. The summed E-state index contributed by atoms with van der Waals surface area (Å²) in [6.45, 7) is 6.49. The van der Waals surface area contributed by atoms with Crippen molar-refractivity contribution in [3.8, 4) is 0 Å². The Morgan fingerprint density at radius 2 is 2.09 bits per heavy atom. The van der Waals surface area contributed by atoms with Crippen LogP contribution in [0.5, 0.6) is 0 Å². The Morgan fingerprint density at radius 1 is 1.30 bits per heavy atom. The maximum Gasteiger partial charge on any atom is 0.261 e. The van der Waals surface area contributed by atoms with Gasteiger partial charge in [0, 0.05) is 44.5 Å². The lowest BCUT2D eigenvalue weighted by Crippen LogP contribution is -2.45. The Bertz CT molecular complexity index is 677. The van der Waals surface area contributed by atoms with Crippen molar-refractivity contribution in [1.82, 2.24) is 15.2 Å². The second-order valence-electron chi connectivity index (χ2n) is 5.89. The zero-order valence-electron chi connectivity index (χ0n) is 13.6. The molecule has 0 bridgehead atoms. The number of nitrogens with zero attached hydrogens (tertiary/aromatic N) is 3. The summed E-state index contributed by atoms with van der Waals surface area (Å²) < 4.78 is 0. The molecule has 0 spiro atoms. The highest BCUT2D eigenvalue weighted by atomic mass is 32.1. The van der Waals surface area contributed by atoms with Crippen LogP contribution in [0.1, 0.15) is 20.8 Å². The van der Waals surface area contributed by atoms with E-state index in [9.17, 15) is 4.79 Å². The summed E-state index contributed by atoms with van der Waals surface area (Å²) in [7, 11) is 2.14. The van der Waals surface area contributed by atoms with E-state index < -0.39 is 0 Å². The minimum Gasteiger partial charge on any atom is -0.354 e. The van der Waals surface area contributed by atoms with Crippen LogP contribution in [0.2, 0.25) is 0 Å². The van der Waals surface area contributed by atoms with E-state index in [4.69, 9.17) is 0 Å². The molecule has 1 fully saturated rings. The predicted molar refractivity (Wildman–Crippen MR) is 94.2 cm³/mol. The second kappa shape index (κ2) is 7.10. The summed E-state index contributed by atoms with van der Waals surface area (Å²) in [6, 6.07) is 5.94. The number of likely N-dealkylation sites (N-methyl/N-ethyl adjacent to an activating group) is 1. The van der Waals surface area contributed by atoms with Gasteiger partial charge in [0.05, 0.1) is 4.88 Å². The fourth-order valence-corrected chi connectivity index (χ4v) is 3.57. The van der Waals surface area contributed by atoms with Crippen LogP contribution in [-0.4, -0.2) is 49.0 Å². The van der Waals surface area contributed by atoms with Crippen LogP contribution >= 0.6 is 11.3 Å². The molecule has 0 aliphatic carbocycles. The van der Waals surface area contributed by atoms with Gasteiger partial charge in [-0.05, 0) is 37.0 Å². The summed E-state index contributed by atoms with van der Waals surface area (Å²) in [6.07, 6.45) is 1.82. The maximum absolute atomic E-state index is 12.3. The van der Waals surface area contributed by atoms with Crippen LogP contribution in [-0.2, 0) is 6.54 Å². The molecule has 3 rings (SSSR count). The molecule has 2 aromatic rings. The molecule has 0 unspecified atom stereocenters. The molecule has 3 heterocycles. The van der Waals surface area contributed by atoms with E-state index in [1.807, 2.05) is 36.7 Å². The Morgan fingerprint density at radius 3 is 2.78 bits per heavy atom. The molecule has 122 valence electrons. The molecule has 2 aromatic heterocycles. The SMILES string of the molecule is Cc1ccsc1C(=O)NCc1cccnc1N1CCN(C)CC1. The van der Waals surface area contributed by atoms with E-state index >= 15 is 0 Å². The van der Waals surface area contributed by atoms with Gasteiger partial charge in [-0.15, -0.1) is 11.3 Å². The molecule has 0 radical (unpaired) electrons. The third kappa shape index (κ3) is 3.71. The molecule has 0 saturated carbocycles. The summed E-state index contributed by atoms with van der Waals surface area (Å²) >= 11 is 1.48. The van der Waals surface area contributed by atoms with Gasteiger partial charge in [-0.1, -0.05) is 6.07 Å². The number of hydrogen-bond donors (Lipinski definition) is 1. The molecular weight excluding hydrogens is 308 g/mol. The number of aromatic nitrogens is 1. The number of pyridine rings is 1. The van der Waals surface area contributed by atoms with Crippen LogP contribution in [0.25, 0.3) is 0 Å². The van der Waals surface area contributed by atoms with Crippen LogP contribution in [0, 0.1) is 6.92 Å². The lowest BCUT2D eigenvalue weighted by Gasteiger charge is -2.34. The first-order valence-corrected chi connectivity index (χ1v) is 8.73. The zero-order chi connectivity index (χ0) is 16.2. The minimum absolute atomic E-state index is 0.00863. The average Bonchev–Trinajstić information content (AvgIpc) is 3.00. The number of piperazine rings is 1. The Hall–Kier alpha value is -1.92. The van der Waals surface area contributed by atoms with Crippen molar-refractivity contribution in [3.63, 3.8) is 0 Å². The Labute approximate surface area is 140 Å². The fraction of sp³-hybridized carbons (Fsp3) is 0.412. The Balaban J connectivity index is 1.69. The van der Waals surface area contributed by atoms with E-state index in [0.717, 1.165) is 48.0 Å². The van der Waals surface area contributed by atoms with Crippen LogP contribution in [0.15, 0.2) is 29.8 Å². The lowest BCUT2D eigenvalue weighted by molar-refractivity contribution is 0.0954. The highest BCUT2D eigenvalue weighted by Crippen LogP contribution is 2.20. The molecule has 1 N–H and O–H groups in total. The number of nitrogens with one attached hydrogen (secondary N) is 1. The first-order chi connectivity index (χ1) is 11.1. The summed E-state index contributed by atoms with van der Waals surface area (Å²) in [5.41, 5.74) is 2.09. The standard InChI is InChI=1S/C17H22N4OS/c1-13-5-11-23-15(13)17(22)19-12-14-4-3-6-18-16(14)21-9-7-20(2)8-10-21/h3-6,11H,7-10,12H2,1-2H3,(H,19,22). The van der Waals surface area contributed by atoms with E-state index in [1.165, 1.54) is 11.3 Å². The highest BCUT2D eigenvalue weighted by Gasteiger charge is 2.18. The van der Waals surface area contributed by atoms with Gasteiger partial charge in [0.15, 0.2) is 0 Å². The van der Waals surface area contributed by atoms with Gasteiger partial charge in [0.25, 0.3) is 5.91 Å². The highest BCUT2D eigenvalue weighted by molar-refractivity contribution is 7.12. The van der Waals surface area contributed by atoms with Gasteiger partial charge in [0.2, 0.25) is 0 Å². The van der Waals surface area contributed by atoms with Crippen molar-refractivity contribution in [3.05, 3.63) is 45.8 Å². The van der Waals surface area contributed by atoms with Crippen molar-refractivity contribution < 1.29 is 4.79 Å². The quantitative estimate of drug-likeness (QED) is 0.933. The van der Waals surface area contributed by atoms with Gasteiger partial charge >= 0.3 is 0 Å². The monoisotopic (exact) mass is 330 g/mol. The number of carbonyl (C=O) groups is 1. The lowest BCUT2D eigenvalue weighted by atomic mass is 10.2. The number of rotatable bonds is 4. The molecule has 1 aliphatic rings. The third-order valence-corrected chi connectivity index (χ3v) is 5.19. The number of carbonyl (C=O) groups excluding carboxylic acids is 1. The van der Waals surface area contributed by atoms with E-state index in [1.54, 1.807) is 0 Å². The summed E-state index contributed by atoms with van der Waals surface area (Å²) in [5, 5.41) is 4.97. The molecule has 1 aliphatic heterocycles. The molecule has 6 heteroatoms. The van der Waals surface area contributed by atoms with Crippen LogP contribution < -0.4 is 10.2 Å². The first-order valence-electron chi connectivity index (χ1n) is 7.85. The molecule has 1 saturated heterocycles. The normalized spacial score (nSPS) is 15.7. The molecule has 23 heavy (non-hydrogen) atoms. The van der Waals surface area contributed by atoms with Gasteiger partial charge in [0.1, 0.15) is 5.82 Å². The minimum atomic E-state index is -0.00863. The van der Waals surface area contributed by atoms with Crippen molar-refractivity contribution in [2.24, 2.45) is 0 Å². The van der Waals surface area contributed by atoms with Gasteiger partial charge < -0.3 is 15.1 Å². The molecule has 1 amide bonds. The molecule has 0 atom stereocenters. The second-order valence-corrected chi connectivity index (χ2v) is 6.81. The zero-order valence-corrected chi connectivity index (χ0v) is 14.4. The van der Waals surface area contributed by atoms with Crippen LogP contribution in [0.3, 0.4) is 0 Å². The third-order valence-electron chi connectivity index (χ3n) is 4.18. The van der Waals surface area contributed by atoms with E-state index in [2.05, 4.69) is 27.1 Å². The van der Waals surface area contributed by atoms with Crippen molar-refractivity contribution in [1.29, 1.82) is 0 Å². The molecular formula is C17H22N4OS.